The molecule has 0 aromatic heterocycles. The first-order chi connectivity index (χ1) is 8.49. The van der Waals surface area contributed by atoms with E-state index >= 15 is 0 Å². The number of carbonyl (C=O) groups excluding carboxylic acids is 2. The number of hydrogen-bond donors (Lipinski definition) is 1. The van der Waals surface area contributed by atoms with E-state index < -0.39 is 17.3 Å². The summed E-state index contributed by atoms with van der Waals surface area (Å²) < 4.78 is 13.4. The monoisotopic (exact) mass is 269 g/mol. The van der Waals surface area contributed by atoms with Crippen molar-refractivity contribution in [2.24, 2.45) is 0 Å². The zero-order valence-corrected chi connectivity index (χ0v) is 9.87. The van der Waals surface area contributed by atoms with Crippen LogP contribution in [-0.2, 0) is 11.3 Å². The van der Waals surface area contributed by atoms with Gasteiger partial charge in [0.1, 0.15) is 5.82 Å². The van der Waals surface area contributed by atoms with Crippen LogP contribution in [0.15, 0.2) is 18.2 Å². The van der Waals surface area contributed by atoms with Crippen molar-refractivity contribution in [1.29, 1.82) is 0 Å². The largest absolute Gasteiger partial charge is 0.478 e. The summed E-state index contributed by atoms with van der Waals surface area (Å²) in [5, 5.41) is 8.29. The lowest BCUT2D eigenvalue weighted by Crippen LogP contribution is -2.28. The fraction of sp³-hybridized carbons (Fsp3) is 0.182. The molecule has 1 fully saturated rings. The van der Waals surface area contributed by atoms with Gasteiger partial charge >= 0.3 is 5.97 Å². The molecule has 1 aliphatic heterocycles. The van der Waals surface area contributed by atoms with Gasteiger partial charge < -0.3 is 5.11 Å². The Bertz CT molecular complexity index is 530. The van der Waals surface area contributed by atoms with Crippen LogP contribution in [0.2, 0.25) is 0 Å². The lowest BCUT2D eigenvalue weighted by atomic mass is 10.1. The highest BCUT2D eigenvalue weighted by Crippen LogP contribution is 2.22. The minimum atomic E-state index is -1.36. The molecule has 2 rings (SSSR count). The van der Waals surface area contributed by atoms with Crippen LogP contribution >= 0.6 is 11.8 Å². The maximum absolute atomic E-state index is 13.4. The molecule has 0 atom stereocenters. The van der Waals surface area contributed by atoms with E-state index in [1.54, 1.807) is 0 Å². The van der Waals surface area contributed by atoms with Crippen LogP contribution in [0.3, 0.4) is 0 Å². The maximum Gasteiger partial charge on any atom is 0.338 e. The summed E-state index contributed by atoms with van der Waals surface area (Å²) in [5.74, 6) is -2.48. The number of thioether (sulfide) groups is 1. The van der Waals surface area contributed by atoms with Crippen molar-refractivity contribution in [3.63, 3.8) is 0 Å². The molecule has 1 aliphatic rings. The second kappa shape index (κ2) is 4.77. The number of carbonyl (C=O) groups is 3. The van der Waals surface area contributed by atoms with Gasteiger partial charge in [0.15, 0.2) is 0 Å². The number of carboxylic acids is 1. The Morgan fingerprint density at radius 3 is 2.67 bits per heavy atom. The first-order valence-corrected chi connectivity index (χ1v) is 5.96. The molecule has 0 radical (unpaired) electrons. The molecule has 94 valence electrons. The Morgan fingerprint density at radius 1 is 1.44 bits per heavy atom. The van der Waals surface area contributed by atoms with E-state index in [4.69, 9.17) is 5.11 Å². The van der Waals surface area contributed by atoms with E-state index in [9.17, 15) is 18.8 Å². The molecule has 0 aliphatic carbocycles. The SMILES string of the molecule is O=C(O)c1ccc(CN2C(=O)CSC2=O)cc1F. The molecule has 1 aromatic rings. The molecule has 0 spiro atoms. The van der Waals surface area contributed by atoms with E-state index in [2.05, 4.69) is 0 Å². The third kappa shape index (κ3) is 2.35. The smallest absolute Gasteiger partial charge is 0.338 e. The molecule has 0 saturated carbocycles. The van der Waals surface area contributed by atoms with Gasteiger partial charge in [0.05, 0.1) is 17.9 Å². The van der Waals surface area contributed by atoms with E-state index in [1.165, 1.54) is 6.07 Å². The minimum Gasteiger partial charge on any atom is -0.478 e. The van der Waals surface area contributed by atoms with Gasteiger partial charge in [0.25, 0.3) is 5.24 Å². The number of imide groups is 1. The maximum atomic E-state index is 13.4. The van der Waals surface area contributed by atoms with E-state index in [0.29, 0.717) is 5.56 Å². The first-order valence-electron chi connectivity index (χ1n) is 4.98. The molecule has 2 amide bonds. The van der Waals surface area contributed by atoms with Crippen LogP contribution in [0, 0.1) is 5.82 Å². The van der Waals surface area contributed by atoms with Gasteiger partial charge in [0.2, 0.25) is 5.91 Å². The molecular formula is C11H8FNO4S. The number of rotatable bonds is 3. The Labute approximate surface area is 106 Å². The Balaban J connectivity index is 2.20. The fourth-order valence-electron chi connectivity index (χ4n) is 1.55. The third-order valence-corrected chi connectivity index (χ3v) is 3.30. The molecule has 18 heavy (non-hydrogen) atoms. The summed E-state index contributed by atoms with van der Waals surface area (Å²) in [7, 11) is 0. The molecule has 1 aromatic carbocycles. The molecule has 1 saturated heterocycles. The quantitative estimate of drug-likeness (QED) is 0.904. The number of halogens is 1. The second-order valence-electron chi connectivity index (χ2n) is 3.65. The standard InChI is InChI=1S/C11H8FNO4S/c12-8-3-6(1-2-7(8)10(15)16)4-13-9(14)5-18-11(13)17/h1-3H,4-5H2,(H,15,16). The predicted octanol–water partition coefficient (Wildman–Crippen LogP) is 1.72. The summed E-state index contributed by atoms with van der Waals surface area (Å²) in [6, 6.07) is 3.52. The van der Waals surface area contributed by atoms with Gasteiger partial charge in [-0.3, -0.25) is 14.5 Å². The molecule has 5 nitrogen and oxygen atoms in total. The molecule has 0 unspecified atom stereocenters. The number of nitrogens with zero attached hydrogens (tertiary/aromatic N) is 1. The lowest BCUT2D eigenvalue weighted by molar-refractivity contribution is -0.125. The van der Waals surface area contributed by atoms with Crippen LogP contribution in [0.25, 0.3) is 0 Å². The van der Waals surface area contributed by atoms with Crippen LogP contribution < -0.4 is 0 Å². The van der Waals surface area contributed by atoms with Crippen molar-refractivity contribution < 1.29 is 23.9 Å². The van der Waals surface area contributed by atoms with Crippen molar-refractivity contribution in [3.8, 4) is 0 Å². The van der Waals surface area contributed by atoms with Crippen molar-refractivity contribution in [1.82, 2.24) is 4.90 Å². The zero-order chi connectivity index (χ0) is 13.3. The Hall–Kier alpha value is -1.89. The highest BCUT2D eigenvalue weighted by molar-refractivity contribution is 8.14. The van der Waals surface area contributed by atoms with Crippen molar-refractivity contribution >= 4 is 28.9 Å². The molecular weight excluding hydrogens is 261 g/mol. The fourth-order valence-corrected chi connectivity index (χ4v) is 2.27. The lowest BCUT2D eigenvalue weighted by Gasteiger charge is -2.12. The average molecular weight is 269 g/mol. The molecule has 7 heteroatoms. The van der Waals surface area contributed by atoms with E-state index in [0.717, 1.165) is 28.8 Å². The van der Waals surface area contributed by atoms with Gasteiger partial charge in [0, 0.05) is 0 Å². The number of hydrogen-bond acceptors (Lipinski definition) is 4. The minimum absolute atomic E-state index is 0.0402. The summed E-state index contributed by atoms with van der Waals surface area (Å²) in [6.07, 6.45) is 0. The van der Waals surface area contributed by atoms with Gasteiger partial charge in [-0.2, -0.15) is 0 Å². The summed E-state index contributed by atoms with van der Waals surface area (Å²) in [5.41, 5.74) is -0.0612. The first kappa shape index (κ1) is 12.6. The molecule has 1 heterocycles. The van der Waals surface area contributed by atoms with Gasteiger partial charge in [-0.15, -0.1) is 0 Å². The number of benzene rings is 1. The van der Waals surface area contributed by atoms with Crippen molar-refractivity contribution in [2.75, 3.05) is 5.75 Å². The second-order valence-corrected chi connectivity index (χ2v) is 4.58. The Morgan fingerprint density at radius 2 is 2.17 bits per heavy atom. The normalized spacial score (nSPS) is 15.3. The van der Waals surface area contributed by atoms with Crippen LogP contribution in [0.4, 0.5) is 9.18 Å². The topological polar surface area (TPSA) is 74.7 Å². The molecule has 1 N–H and O–H groups in total. The van der Waals surface area contributed by atoms with Gasteiger partial charge in [-0.25, -0.2) is 9.18 Å². The zero-order valence-electron chi connectivity index (χ0n) is 9.05. The number of amides is 2. The summed E-state index contributed by atoms with van der Waals surface area (Å²) in [4.78, 5) is 34.3. The number of aromatic carboxylic acids is 1. The molecule has 0 bridgehead atoms. The highest BCUT2D eigenvalue weighted by atomic mass is 32.2. The predicted molar refractivity (Wildman–Crippen MR) is 61.8 cm³/mol. The van der Waals surface area contributed by atoms with Crippen molar-refractivity contribution in [2.45, 2.75) is 6.54 Å². The number of carboxylic acid groups (broad SMARTS) is 1. The van der Waals surface area contributed by atoms with E-state index in [-0.39, 0.29) is 23.4 Å². The average Bonchev–Trinajstić information content (AvgIpc) is 2.60. The summed E-state index contributed by atoms with van der Waals surface area (Å²) in [6.45, 7) is -0.0402. The van der Waals surface area contributed by atoms with Crippen molar-refractivity contribution in [3.05, 3.63) is 35.1 Å². The highest BCUT2D eigenvalue weighted by Gasteiger charge is 2.29. The van der Waals surface area contributed by atoms with Crippen LogP contribution in [0.5, 0.6) is 0 Å². The van der Waals surface area contributed by atoms with Crippen LogP contribution in [-0.4, -0.2) is 32.9 Å². The summed E-state index contributed by atoms with van der Waals surface area (Å²) >= 11 is 0.895. The van der Waals surface area contributed by atoms with Gasteiger partial charge in [-0.05, 0) is 17.7 Å². The van der Waals surface area contributed by atoms with Gasteiger partial charge in [-0.1, -0.05) is 17.8 Å². The third-order valence-electron chi connectivity index (χ3n) is 2.45. The van der Waals surface area contributed by atoms with E-state index in [1.807, 2.05) is 0 Å². The Kier molecular flexibility index (Phi) is 3.33. The van der Waals surface area contributed by atoms with Crippen LogP contribution in [0.1, 0.15) is 15.9 Å².